The quantitative estimate of drug-likeness (QED) is 0.751. The van der Waals surface area contributed by atoms with Crippen LogP contribution in [0.3, 0.4) is 0 Å². The van der Waals surface area contributed by atoms with Gasteiger partial charge < -0.3 is 5.73 Å². The Balaban J connectivity index is 2.18. The molecule has 0 aliphatic heterocycles. The van der Waals surface area contributed by atoms with Crippen molar-refractivity contribution in [3.05, 3.63) is 35.4 Å². The summed E-state index contributed by atoms with van der Waals surface area (Å²) in [5.41, 5.74) is 8.84. The molecule has 0 amide bonds. The number of hydrogen-bond donors (Lipinski definition) is 1. The minimum atomic E-state index is 0.284. The van der Waals surface area contributed by atoms with Gasteiger partial charge in [0.2, 0.25) is 0 Å². The van der Waals surface area contributed by atoms with E-state index in [4.69, 9.17) is 5.73 Å². The third kappa shape index (κ3) is 1.92. The lowest BCUT2D eigenvalue weighted by Gasteiger charge is -2.11. The number of benzene rings is 1. The van der Waals surface area contributed by atoms with Gasteiger partial charge in [0.25, 0.3) is 0 Å². The topological polar surface area (TPSA) is 26.0 Å². The van der Waals surface area contributed by atoms with Gasteiger partial charge in [-0.25, -0.2) is 0 Å². The molecule has 1 atom stereocenters. The summed E-state index contributed by atoms with van der Waals surface area (Å²) in [7, 11) is 0. The van der Waals surface area contributed by atoms with Crippen LogP contribution in [-0.4, -0.2) is 0 Å². The monoisotopic (exact) mass is 175 g/mol. The SMILES string of the molecule is CCc1cccc([C@@H](N)C2CC2)c1. The number of aryl methyl sites for hydroxylation is 1. The van der Waals surface area contributed by atoms with Crippen LogP contribution in [-0.2, 0) is 6.42 Å². The van der Waals surface area contributed by atoms with Crippen molar-refractivity contribution >= 4 is 0 Å². The van der Waals surface area contributed by atoms with E-state index < -0.39 is 0 Å². The molecule has 13 heavy (non-hydrogen) atoms. The van der Waals surface area contributed by atoms with Crippen molar-refractivity contribution in [1.82, 2.24) is 0 Å². The average Bonchev–Trinajstić information content (AvgIpc) is 3.00. The number of nitrogens with two attached hydrogens (primary N) is 1. The van der Waals surface area contributed by atoms with Crippen molar-refractivity contribution in [3.63, 3.8) is 0 Å². The number of hydrogen-bond acceptors (Lipinski definition) is 1. The Hall–Kier alpha value is -0.820. The molecule has 2 rings (SSSR count). The Morgan fingerprint density at radius 2 is 2.23 bits per heavy atom. The molecule has 0 aromatic heterocycles. The van der Waals surface area contributed by atoms with Gasteiger partial charge in [-0.1, -0.05) is 31.2 Å². The molecular weight excluding hydrogens is 158 g/mol. The summed E-state index contributed by atoms with van der Waals surface area (Å²) in [6.45, 7) is 2.18. The smallest absolute Gasteiger partial charge is 0.0323 e. The van der Waals surface area contributed by atoms with Crippen molar-refractivity contribution in [1.29, 1.82) is 0 Å². The molecule has 1 aromatic carbocycles. The maximum absolute atomic E-state index is 6.12. The molecule has 1 nitrogen and oxygen atoms in total. The molecule has 1 heteroatoms. The summed E-state index contributed by atoms with van der Waals surface area (Å²) < 4.78 is 0. The fourth-order valence-electron chi connectivity index (χ4n) is 1.75. The molecule has 70 valence electrons. The fourth-order valence-corrected chi connectivity index (χ4v) is 1.75. The third-order valence-corrected chi connectivity index (χ3v) is 2.87. The lowest BCUT2D eigenvalue weighted by Crippen LogP contribution is -2.12. The van der Waals surface area contributed by atoms with E-state index in [2.05, 4.69) is 31.2 Å². The minimum absolute atomic E-state index is 0.284. The normalized spacial score (nSPS) is 18.6. The standard InChI is InChI=1S/C12H17N/c1-2-9-4-3-5-11(8-9)12(13)10-6-7-10/h3-5,8,10,12H,2,6-7,13H2,1H3/t12-/m0/s1. The van der Waals surface area contributed by atoms with Crippen LogP contribution in [0.5, 0.6) is 0 Å². The van der Waals surface area contributed by atoms with E-state index in [1.54, 1.807) is 0 Å². The van der Waals surface area contributed by atoms with E-state index in [9.17, 15) is 0 Å². The van der Waals surface area contributed by atoms with Crippen molar-refractivity contribution in [3.8, 4) is 0 Å². The molecule has 1 aliphatic rings. The van der Waals surface area contributed by atoms with Crippen molar-refractivity contribution < 1.29 is 0 Å². The molecular formula is C12H17N. The second-order valence-corrected chi connectivity index (χ2v) is 3.96. The van der Waals surface area contributed by atoms with E-state index in [0.717, 1.165) is 12.3 Å². The van der Waals surface area contributed by atoms with Gasteiger partial charge in [0.1, 0.15) is 0 Å². The maximum Gasteiger partial charge on any atom is 0.0323 e. The van der Waals surface area contributed by atoms with Crippen LogP contribution >= 0.6 is 0 Å². The molecule has 0 heterocycles. The zero-order valence-corrected chi connectivity index (χ0v) is 8.16. The predicted molar refractivity (Wildman–Crippen MR) is 55.5 cm³/mol. The highest BCUT2D eigenvalue weighted by Gasteiger charge is 2.29. The molecule has 0 saturated heterocycles. The third-order valence-electron chi connectivity index (χ3n) is 2.87. The first-order valence-corrected chi connectivity index (χ1v) is 5.15. The maximum atomic E-state index is 6.12. The van der Waals surface area contributed by atoms with Crippen molar-refractivity contribution in [2.75, 3.05) is 0 Å². The van der Waals surface area contributed by atoms with Gasteiger partial charge in [-0.2, -0.15) is 0 Å². The second kappa shape index (κ2) is 3.51. The van der Waals surface area contributed by atoms with Gasteiger partial charge in [0, 0.05) is 6.04 Å². The molecule has 0 bridgehead atoms. The summed E-state index contributed by atoms with van der Waals surface area (Å²) >= 11 is 0. The van der Waals surface area contributed by atoms with Crippen LogP contribution in [0.1, 0.15) is 36.9 Å². The molecule has 1 aliphatic carbocycles. The van der Waals surface area contributed by atoms with Crippen LogP contribution in [0.4, 0.5) is 0 Å². The molecule has 1 saturated carbocycles. The zero-order valence-electron chi connectivity index (χ0n) is 8.16. The Bertz CT molecular complexity index is 289. The van der Waals surface area contributed by atoms with E-state index in [1.807, 2.05) is 0 Å². The lowest BCUT2D eigenvalue weighted by atomic mass is 10.0. The Kier molecular flexibility index (Phi) is 2.36. The van der Waals surface area contributed by atoms with Gasteiger partial charge in [-0.15, -0.1) is 0 Å². The first-order chi connectivity index (χ1) is 6.31. The lowest BCUT2D eigenvalue weighted by molar-refractivity contribution is 0.632. The average molecular weight is 175 g/mol. The van der Waals surface area contributed by atoms with Crippen molar-refractivity contribution in [2.45, 2.75) is 32.2 Å². The number of rotatable bonds is 3. The Morgan fingerprint density at radius 1 is 1.46 bits per heavy atom. The summed E-state index contributed by atoms with van der Waals surface area (Å²) in [6, 6.07) is 8.98. The van der Waals surface area contributed by atoms with Crippen LogP contribution < -0.4 is 5.73 Å². The minimum Gasteiger partial charge on any atom is -0.324 e. The van der Waals surface area contributed by atoms with E-state index in [-0.39, 0.29) is 6.04 Å². The van der Waals surface area contributed by atoms with Gasteiger partial charge >= 0.3 is 0 Å². The van der Waals surface area contributed by atoms with Crippen LogP contribution in [0.25, 0.3) is 0 Å². The molecule has 0 spiro atoms. The van der Waals surface area contributed by atoms with E-state index in [1.165, 1.54) is 24.0 Å². The summed E-state index contributed by atoms with van der Waals surface area (Å²) in [4.78, 5) is 0. The molecule has 0 radical (unpaired) electrons. The largest absolute Gasteiger partial charge is 0.324 e. The summed E-state index contributed by atoms with van der Waals surface area (Å²) in [5.74, 6) is 0.757. The van der Waals surface area contributed by atoms with Gasteiger partial charge in [-0.3, -0.25) is 0 Å². The molecule has 1 aromatic rings. The first kappa shape index (κ1) is 8.76. The van der Waals surface area contributed by atoms with Gasteiger partial charge in [0.15, 0.2) is 0 Å². The van der Waals surface area contributed by atoms with Crippen molar-refractivity contribution in [2.24, 2.45) is 11.7 Å². The molecule has 1 fully saturated rings. The van der Waals surface area contributed by atoms with E-state index in [0.29, 0.717) is 0 Å². The highest BCUT2D eigenvalue weighted by atomic mass is 14.7. The summed E-state index contributed by atoms with van der Waals surface area (Å²) in [6.07, 6.45) is 3.74. The van der Waals surface area contributed by atoms with Gasteiger partial charge in [-0.05, 0) is 36.3 Å². The highest BCUT2D eigenvalue weighted by molar-refractivity contribution is 5.27. The fraction of sp³-hybridized carbons (Fsp3) is 0.500. The van der Waals surface area contributed by atoms with Crippen LogP contribution in [0.15, 0.2) is 24.3 Å². The van der Waals surface area contributed by atoms with Gasteiger partial charge in [0.05, 0.1) is 0 Å². The molecule has 0 unspecified atom stereocenters. The zero-order chi connectivity index (χ0) is 9.26. The van der Waals surface area contributed by atoms with Crippen LogP contribution in [0, 0.1) is 5.92 Å². The predicted octanol–water partition coefficient (Wildman–Crippen LogP) is 2.66. The summed E-state index contributed by atoms with van der Waals surface area (Å²) in [5, 5.41) is 0. The second-order valence-electron chi connectivity index (χ2n) is 3.96. The Morgan fingerprint density at radius 3 is 2.85 bits per heavy atom. The Labute approximate surface area is 80.0 Å². The van der Waals surface area contributed by atoms with E-state index >= 15 is 0 Å². The molecule has 2 N–H and O–H groups in total. The highest BCUT2D eigenvalue weighted by Crippen LogP contribution is 2.39. The first-order valence-electron chi connectivity index (χ1n) is 5.15. The van der Waals surface area contributed by atoms with Crippen LogP contribution in [0.2, 0.25) is 0 Å².